The van der Waals surface area contributed by atoms with E-state index in [1.54, 1.807) is 0 Å². The molecule has 3 saturated heterocycles. The standard InChI is InChI=1S/C16H24ClN2O.BF4/c1-14(20-12-15-5-3-2-4-6-15)16-11-18-7-9-19(16,13-17)10-8-18;2-1(3,4)5/h2-6,14,16H,7-13H2,1H3;/q+1;-1/t14-,16+;/m1./s1. The number of piperazine rings is 3. The lowest BCUT2D eigenvalue weighted by Crippen LogP contribution is -2.74. The molecule has 2 bridgehead atoms. The van der Waals surface area contributed by atoms with Crippen molar-refractivity contribution in [3.05, 3.63) is 35.9 Å². The molecule has 0 unspecified atom stereocenters. The molecule has 0 radical (unpaired) electrons. The van der Waals surface area contributed by atoms with E-state index in [0.717, 1.165) is 17.0 Å². The summed E-state index contributed by atoms with van der Waals surface area (Å²) in [6, 6.07) is 11.6. The first kappa shape index (κ1) is 20.5. The first-order chi connectivity index (χ1) is 11.7. The first-order valence-corrected chi connectivity index (χ1v) is 8.94. The van der Waals surface area contributed by atoms with Crippen LogP contribution >= 0.6 is 11.6 Å². The highest BCUT2D eigenvalue weighted by Gasteiger charge is 2.48. The minimum absolute atomic E-state index is 0.247. The van der Waals surface area contributed by atoms with Crippen molar-refractivity contribution >= 4 is 18.9 Å². The molecule has 0 aliphatic carbocycles. The van der Waals surface area contributed by atoms with Crippen LogP contribution in [0.4, 0.5) is 17.3 Å². The number of alkyl halides is 1. The zero-order valence-electron chi connectivity index (χ0n) is 14.3. The Morgan fingerprint density at radius 2 is 1.76 bits per heavy atom. The van der Waals surface area contributed by atoms with Crippen molar-refractivity contribution in [1.29, 1.82) is 0 Å². The number of ether oxygens (including phenoxy) is 1. The number of halogens is 5. The second kappa shape index (κ2) is 8.71. The van der Waals surface area contributed by atoms with Gasteiger partial charge in [0.25, 0.3) is 0 Å². The molecular formula is C16H24BClF4N2O. The molecule has 3 fully saturated rings. The normalized spacial score (nSPS) is 29.7. The molecule has 0 aromatic heterocycles. The van der Waals surface area contributed by atoms with Crippen LogP contribution in [-0.4, -0.2) is 67.5 Å². The highest BCUT2D eigenvalue weighted by Crippen LogP contribution is 2.29. The van der Waals surface area contributed by atoms with Crippen LogP contribution in [0.2, 0.25) is 0 Å². The van der Waals surface area contributed by atoms with Crippen molar-refractivity contribution in [2.75, 3.05) is 38.7 Å². The molecule has 0 spiro atoms. The summed E-state index contributed by atoms with van der Waals surface area (Å²) in [5.41, 5.74) is 1.24. The molecule has 0 N–H and O–H groups in total. The van der Waals surface area contributed by atoms with E-state index < -0.39 is 7.25 Å². The molecule has 3 aliphatic heterocycles. The number of rotatable bonds is 5. The Bertz CT molecular complexity index is 521. The van der Waals surface area contributed by atoms with Crippen LogP contribution in [0.3, 0.4) is 0 Å². The number of nitrogens with zero attached hydrogens (tertiary/aromatic N) is 2. The van der Waals surface area contributed by atoms with E-state index in [-0.39, 0.29) is 6.10 Å². The lowest BCUT2D eigenvalue weighted by molar-refractivity contribution is -0.957. The van der Waals surface area contributed by atoms with E-state index in [9.17, 15) is 17.3 Å². The van der Waals surface area contributed by atoms with Gasteiger partial charge >= 0.3 is 7.25 Å². The van der Waals surface area contributed by atoms with Crippen LogP contribution in [0, 0.1) is 0 Å². The van der Waals surface area contributed by atoms with Crippen molar-refractivity contribution in [2.45, 2.75) is 25.7 Å². The SMILES string of the molecule is C[C@@H](OCc1ccccc1)[C@@H]1CN2CC[N+]1(CCl)CC2.F[B-](F)(F)F. The number of hydrogen-bond donors (Lipinski definition) is 0. The largest absolute Gasteiger partial charge is 0.673 e. The fourth-order valence-corrected chi connectivity index (χ4v) is 3.99. The van der Waals surface area contributed by atoms with Crippen molar-refractivity contribution in [3.63, 3.8) is 0 Å². The summed E-state index contributed by atoms with van der Waals surface area (Å²) in [5, 5.41) is 0. The smallest absolute Gasteiger partial charge is 0.418 e. The summed E-state index contributed by atoms with van der Waals surface area (Å²) < 4.78 is 46.2. The van der Waals surface area contributed by atoms with Gasteiger partial charge in [0.15, 0.2) is 6.00 Å². The van der Waals surface area contributed by atoms with Crippen LogP contribution in [0.1, 0.15) is 12.5 Å². The molecule has 3 aliphatic rings. The monoisotopic (exact) mass is 382 g/mol. The molecule has 2 atom stereocenters. The Hall–Kier alpha value is -0.825. The van der Waals surface area contributed by atoms with Gasteiger partial charge in [-0.25, -0.2) is 0 Å². The van der Waals surface area contributed by atoms with E-state index in [1.807, 2.05) is 6.07 Å². The van der Waals surface area contributed by atoms with E-state index >= 15 is 0 Å². The van der Waals surface area contributed by atoms with E-state index in [1.165, 1.54) is 31.7 Å². The van der Waals surface area contributed by atoms with Crippen molar-refractivity contribution in [2.24, 2.45) is 0 Å². The van der Waals surface area contributed by atoms with Crippen LogP contribution < -0.4 is 0 Å². The van der Waals surface area contributed by atoms with Gasteiger partial charge in [-0.05, 0) is 12.5 Å². The molecule has 1 aromatic carbocycles. The molecule has 3 nitrogen and oxygen atoms in total. The molecule has 142 valence electrons. The van der Waals surface area contributed by atoms with Gasteiger partial charge in [-0.3, -0.25) is 4.90 Å². The average molecular weight is 383 g/mol. The fraction of sp³-hybridized carbons (Fsp3) is 0.625. The Labute approximate surface area is 151 Å². The lowest BCUT2D eigenvalue weighted by atomic mass is 9.99. The Morgan fingerprint density at radius 3 is 2.28 bits per heavy atom. The molecule has 3 heterocycles. The highest BCUT2D eigenvalue weighted by molar-refractivity contribution is 6.50. The van der Waals surface area contributed by atoms with Crippen molar-refractivity contribution in [1.82, 2.24) is 4.90 Å². The summed E-state index contributed by atoms with van der Waals surface area (Å²) in [6.45, 7) is 8.76. The van der Waals surface area contributed by atoms with Gasteiger partial charge in [0.05, 0.1) is 26.2 Å². The predicted molar refractivity (Wildman–Crippen MR) is 91.8 cm³/mol. The molecule has 0 saturated carbocycles. The quantitative estimate of drug-likeness (QED) is 0.254. The van der Waals surface area contributed by atoms with Gasteiger partial charge in [-0.1, -0.05) is 41.9 Å². The third-order valence-electron chi connectivity index (χ3n) is 5.01. The van der Waals surface area contributed by atoms with Gasteiger partial charge in [0.2, 0.25) is 0 Å². The van der Waals surface area contributed by atoms with Crippen molar-refractivity contribution in [3.8, 4) is 0 Å². The third kappa shape index (κ3) is 6.13. The number of hydrogen-bond acceptors (Lipinski definition) is 2. The van der Waals surface area contributed by atoms with Gasteiger partial charge in [0, 0.05) is 13.1 Å². The first-order valence-electron chi connectivity index (χ1n) is 8.40. The van der Waals surface area contributed by atoms with Gasteiger partial charge in [-0.2, -0.15) is 0 Å². The summed E-state index contributed by atoms with van der Waals surface area (Å²) in [4.78, 5) is 2.56. The highest BCUT2D eigenvalue weighted by atomic mass is 35.5. The van der Waals surface area contributed by atoms with E-state index in [4.69, 9.17) is 16.3 Å². The molecular weight excluding hydrogens is 358 g/mol. The zero-order valence-corrected chi connectivity index (χ0v) is 15.0. The number of quaternary nitrogens is 1. The molecule has 0 amide bonds. The number of benzene rings is 1. The molecule has 4 rings (SSSR count). The second-order valence-corrected chi connectivity index (χ2v) is 6.89. The Morgan fingerprint density at radius 1 is 1.20 bits per heavy atom. The van der Waals surface area contributed by atoms with Crippen LogP contribution in [0.5, 0.6) is 0 Å². The van der Waals surface area contributed by atoms with Crippen molar-refractivity contribution < 1.29 is 26.5 Å². The maximum absolute atomic E-state index is 9.75. The summed E-state index contributed by atoms with van der Waals surface area (Å²) in [6.07, 6.45) is 0.247. The van der Waals surface area contributed by atoms with Gasteiger partial charge in [0.1, 0.15) is 12.1 Å². The second-order valence-electron chi connectivity index (χ2n) is 6.65. The third-order valence-corrected chi connectivity index (χ3v) is 5.48. The molecule has 1 aromatic rings. The van der Waals surface area contributed by atoms with Crippen LogP contribution in [0.25, 0.3) is 0 Å². The zero-order chi connectivity index (χ0) is 18.5. The van der Waals surface area contributed by atoms with E-state index in [0.29, 0.717) is 12.6 Å². The van der Waals surface area contributed by atoms with Gasteiger partial charge in [-0.15, -0.1) is 0 Å². The molecule has 9 heteroatoms. The molecule has 25 heavy (non-hydrogen) atoms. The maximum atomic E-state index is 9.75. The Balaban J connectivity index is 0.000000399. The summed E-state index contributed by atoms with van der Waals surface area (Å²) in [7, 11) is -6.00. The summed E-state index contributed by atoms with van der Waals surface area (Å²) >= 11 is 6.32. The van der Waals surface area contributed by atoms with Crippen LogP contribution in [-0.2, 0) is 11.3 Å². The number of fused-ring (bicyclic) bond motifs is 3. The predicted octanol–water partition coefficient (Wildman–Crippen LogP) is 3.60. The fourth-order valence-electron chi connectivity index (χ4n) is 3.57. The Kier molecular flexibility index (Phi) is 7.14. The van der Waals surface area contributed by atoms with Crippen LogP contribution in [0.15, 0.2) is 30.3 Å². The minimum atomic E-state index is -6.00. The van der Waals surface area contributed by atoms with E-state index in [2.05, 4.69) is 36.1 Å². The maximum Gasteiger partial charge on any atom is 0.673 e. The topological polar surface area (TPSA) is 12.5 Å². The van der Waals surface area contributed by atoms with Gasteiger partial charge < -0.3 is 26.5 Å². The minimum Gasteiger partial charge on any atom is -0.418 e. The summed E-state index contributed by atoms with van der Waals surface area (Å²) in [5.74, 6) is 0. The average Bonchev–Trinajstić information content (AvgIpc) is 2.60. The lowest BCUT2D eigenvalue weighted by Gasteiger charge is -2.55.